The van der Waals surface area contributed by atoms with Crippen molar-refractivity contribution in [3.05, 3.63) is 33.3 Å². The summed E-state index contributed by atoms with van der Waals surface area (Å²) in [5, 5.41) is 0. The highest BCUT2D eigenvalue weighted by Crippen LogP contribution is 2.25. The van der Waals surface area contributed by atoms with Crippen LogP contribution in [0.1, 0.15) is 23.1 Å². The van der Waals surface area contributed by atoms with Gasteiger partial charge in [-0.25, -0.2) is 0 Å². The van der Waals surface area contributed by atoms with Crippen molar-refractivity contribution in [1.29, 1.82) is 0 Å². The van der Waals surface area contributed by atoms with Gasteiger partial charge in [0.1, 0.15) is 0 Å². The zero-order valence-corrected chi connectivity index (χ0v) is 10.2. The molecule has 1 fully saturated rings. The summed E-state index contributed by atoms with van der Waals surface area (Å²) >= 11 is 3.61. The third kappa shape index (κ3) is 2.37. The highest BCUT2D eigenvalue weighted by atomic mass is 79.9. The van der Waals surface area contributed by atoms with Crippen LogP contribution in [0, 0.1) is 13.8 Å². The second-order valence-corrected chi connectivity index (χ2v) is 4.88. The van der Waals surface area contributed by atoms with E-state index in [0.29, 0.717) is 6.10 Å². The molecule has 1 saturated heterocycles. The summed E-state index contributed by atoms with van der Waals surface area (Å²) in [6.45, 7) is 5.27. The molecule has 0 N–H and O–H groups in total. The van der Waals surface area contributed by atoms with E-state index in [1.807, 2.05) is 0 Å². The standard InChI is InChI=1S/C12H15BrO/c1-8-5-10(3-4-11-7-14-11)12(13)6-9(8)2/h5-6,11H,3-4,7H2,1-2H3. The Bertz CT molecular complexity index is 342. The van der Waals surface area contributed by atoms with Crippen molar-refractivity contribution >= 4 is 15.9 Å². The molecule has 0 spiro atoms. The van der Waals surface area contributed by atoms with Crippen molar-refractivity contribution in [3.8, 4) is 0 Å². The quantitative estimate of drug-likeness (QED) is 0.754. The second kappa shape index (κ2) is 4.03. The lowest BCUT2D eigenvalue weighted by molar-refractivity contribution is 0.396. The Balaban J connectivity index is 2.10. The van der Waals surface area contributed by atoms with Gasteiger partial charge in [0.25, 0.3) is 0 Å². The number of hydrogen-bond acceptors (Lipinski definition) is 1. The van der Waals surface area contributed by atoms with Crippen LogP contribution in [0.4, 0.5) is 0 Å². The Hall–Kier alpha value is -0.340. The molecule has 0 amide bonds. The van der Waals surface area contributed by atoms with Crippen LogP contribution in [0.3, 0.4) is 0 Å². The van der Waals surface area contributed by atoms with Crippen LogP contribution in [0.2, 0.25) is 0 Å². The van der Waals surface area contributed by atoms with E-state index in [-0.39, 0.29) is 0 Å². The molecule has 0 aliphatic carbocycles. The van der Waals surface area contributed by atoms with Gasteiger partial charge < -0.3 is 4.74 Å². The average Bonchev–Trinajstić information content (AvgIpc) is 2.92. The molecule has 1 atom stereocenters. The highest BCUT2D eigenvalue weighted by Gasteiger charge is 2.22. The number of halogens is 1. The predicted molar refractivity (Wildman–Crippen MR) is 61.7 cm³/mol. The molecule has 0 radical (unpaired) electrons. The number of ether oxygens (including phenoxy) is 1. The molecule has 14 heavy (non-hydrogen) atoms. The fraction of sp³-hybridized carbons (Fsp3) is 0.500. The lowest BCUT2D eigenvalue weighted by Gasteiger charge is -2.07. The molecule has 1 nitrogen and oxygen atoms in total. The first-order valence-electron chi connectivity index (χ1n) is 5.04. The molecule has 1 unspecified atom stereocenters. The predicted octanol–water partition coefficient (Wildman–Crippen LogP) is 3.40. The van der Waals surface area contributed by atoms with Gasteiger partial charge in [-0.15, -0.1) is 0 Å². The fourth-order valence-corrected chi connectivity index (χ4v) is 2.24. The molecule has 1 aliphatic heterocycles. The normalized spacial score (nSPS) is 19.8. The van der Waals surface area contributed by atoms with E-state index in [9.17, 15) is 0 Å². The monoisotopic (exact) mass is 254 g/mol. The molecule has 1 aromatic rings. The molecule has 1 aliphatic rings. The number of rotatable bonds is 3. The highest BCUT2D eigenvalue weighted by molar-refractivity contribution is 9.10. The maximum Gasteiger partial charge on any atom is 0.0813 e. The van der Waals surface area contributed by atoms with Crippen LogP contribution < -0.4 is 0 Å². The third-order valence-corrected chi connectivity index (χ3v) is 3.54. The first-order chi connectivity index (χ1) is 6.66. The summed E-state index contributed by atoms with van der Waals surface area (Å²) in [4.78, 5) is 0. The van der Waals surface area contributed by atoms with E-state index < -0.39 is 0 Å². The van der Waals surface area contributed by atoms with Crippen molar-refractivity contribution in [2.45, 2.75) is 32.8 Å². The first-order valence-corrected chi connectivity index (χ1v) is 5.83. The van der Waals surface area contributed by atoms with Gasteiger partial charge in [-0.2, -0.15) is 0 Å². The molecule has 0 bridgehead atoms. The van der Waals surface area contributed by atoms with Crippen molar-refractivity contribution in [2.24, 2.45) is 0 Å². The van der Waals surface area contributed by atoms with Crippen LogP contribution in [-0.4, -0.2) is 12.7 Å². The van der Waals surface area contributed by atoms with Gasteiger partial charge >= 0.3 is 0 Å². The first kappa shape index (κ1) is 10.2. The Kier molecular flexibility index (Phi) is 2.93. The van der Waals surface area contributed by atoms with Crippen LogP contribution in [0.5, 0.6) is 0 Å². The Morgan fingerprint density at radius 2 is 2.00 bits per heavy atom. The molecule has 2 rings (SSSR count). The summed E-state index contributed by atoms with van der Waals surface area (Å²) < 4.78 is 6.45. The largest absolute Gasteiger partial charge is 0.373 e. The van der Waals surface area contributed by atoms with Crippen LogP contribution >= 0.6 is 15.9 Å². The molecule has 0 saturated carbocycles. The molecular weight excluding hydrogens is 240 g/mol. The number of aryl methyl sites for hydroxylation is 3. The summed E-state index contributed by atoms with van der Waals surface area (Å²) in [5.41, 5.74) is 4.13. The number of epoxide rings is 1. The molecule has 1 aromatic carbocycles. The summed E-state index contributed by atoms with van der Waals surface area (Å²) in [7, 11) is 0. The van der Waals surface area contributed by atoms with Gasteiger partial charge in [0.15, 0.2) is 0 Å². The maximum absolute atomic E-state index is 5.21. The molecule has 0 aromatic heterocycles. The van der Waals surface area contributed by atoms with E-state index in [1.54, 1.807) is 0 Å². The second-order valence-electron chi connectivity index (χ2n) is 4.02. The van der Waals surface area contributed by atoms with Crippen LogP contribution in [0.25, 0.3) is 0 Å². The summed E-state index contributed by atoms with van der Waals surface area (Å²) in [6, 6.07) is 4.49. The SMILES string of the molecule is Cc1cc(Br)c(CCC2CO2)cc1C. The van der Waals surface area contributed by atoms with E-state index in [0.717, 1.165) is 19.4 Å². The zero-order chi connectivity index (χ0) is 10.1. The van der Waals surface area contributed by atoms with E-state index in [2.05, 4.69) is 41.9 Å². The van der Waals surface area contributed by atoms with E-state index in [1.165, 1.54) is 21.2 Å². The molecular formula is C12H15BrO. The smallest absolute Gasteiger partial charge is 0.0813 e. The summed E-state index contributed by atoms with van der Waals surface area (Å²) in [5.74, 6) is 0. The number of benzene rings is 1. The third-order valence-electron chi connectivity index (χ3n) is 2.80. The van der Waals surface area contributed by atoms with Gasteiger partial charge in [0.2, 0.25) is 0 Å². The summed E-state index contributed by atoms with van der Waals surface area (Å²) in [6.07, 6.45) is 2.80. The van der Waals surface area contributed by atoms with Gasteiger partial charge in [-0.05, 0) is 49.4 Å². The number of hydrogen-bond donors (Lipinski definition) is 0. The Morgan fingerprint density at radius 1 is 1.36 bits per heavy atom. The minimum Gasteiger partial charge on any atom is -0.373 e. The van der Waals surface area contributed by atoms with Crippen LogP contribution in [-0.2, 0) is 11.2 Å². The Labute approximate surface area is 93.6 Å². The minimum atomic E-state index is 0.531. The molecule has 1 heterocycles. The molecule has 76 valence electrons. The molecule has 2 heteroatoms. The minimum absolute atomic E-state index is 0.531. The van der Waals surface area contributed by atoms with Crippen molar-refractivity contribution in [3.63, 3.8) is 0 Å². The van der Waals surface area contributed by atoms with Gasteiger partial charge in [-0.3, -0.25) is 0 Å². The fourth-order valence-electron chi connectivity index (χ4n) is 1.58. The van der Waals surface area contributed by atoms with Gasteiger partial charge in [0.05, 0.1) is 12.7 Å². The van der Waals surface area contributed by atoms with E-state index >= 15 is 0 Å². The maximum atomic E-state index is 5.21. The van der Waals surface area contributed by atoms with Crippen molar-refractivity contribution < 1.29 is 4.74 Å². The van der Waals surface area contributed by atoms with Crippen molar-refractivity contribution in [1.82, 2.24) is 0 Å². The lowest BCUT2D eigenvalue weighted by Crippen LogP contribution is -1.94. The van der Waals surface area contributed by atoms with Gasteiger partial charge in [-0.1, -0.05) is 22.0 Å². The lowest BCUT2D eigenvalue weighted by atomic mass is 10.0. The average molecular weight is 255 g/mol. The Morgan fingerprint density at radius 3 is 2.64 bits per heavy atom. The van der Waals surface area contributed by atoms with Crippen molar-refractivity contribution in [2.75, 3.05) is 6.61 Å². The van der Waals surface area contributed by atoms with E-state index in [4.69, 9.17) is 4.74 Å². The van der Waals surface area contributed by atoms with Gasteiger partial charge in [0, 0.05) is 4.47 Å². The zero-order valence-electron chi connectivity index (χ0n) is 8.64. The topological polar surface area (TPSA) is 12.5 Å². The van der Waals surface area contributed by atoms with Crippen LogP contribution in [0.15, 0.2) is 16.6 Å².